The van der Waals surface area contributed by atoms with E-state index in [1.54, 1.807) is 0 Å². The second kappa shape index (κ2) is 10.9. The molecule has 0 atom stereocenters. The van der Waals surface area contributed by atoms with Gasteiger partial charge in [-0.3, -0.25) is 4.99 Å². The molecule has 0 spiro atoms. The summed E-state index contributed by atoms with van der Waals surface area (Å²) >= 11 is 0. The number of guanidine groups is 1. The molecule has 0 aromatic heterocycles. The van der Waals surface area contributed by atoms with E-state index in [1.165, 1.54) is 64.2 Å². The van der Waals surface area contributed by atoms with Crippen LogP contribution in [0.5, 0.6) is 0 Å². The maximum absolute atomic E-state index is 6.03. The van der Waals surface area contributed by atoms with Crippen molar-refractivity contribution in [2.45, 2.75) is 89.2 Å². The SMILES string of the molecule is CN=C(NCCCCOC1CCCCCC1)NC1CCCC1. The van der Waals surface area contributed by atoms with Crippen molar-refractivity contribution in [3.63, 3.8) is 0 Å². The van der Waals surface area contributed by atoms with E-state index in [1.807, 2.05) is 7.05 Å². The second-order valence-corrected chi connectivity index (χ2v) is 6.82. The summed E-state index contributed by atoms with van der Waals surface area (Å²) in [7, 11) is 1.86. The van der Waals surface area contributed by atoms with Gasteiger partial charge in [-0.2, -0.15) is 0 Å². The topological polar surface area (TPSA) is 45.7 Å². The summed E-state index contributed by atoms with van der Waals surface area (Å²) in [4.78, 5) is 4.32. The summed E-state index contributed by atoms with van der Waals surface area (Å²) < 4.78 is 6.03. The smallest absolute Gasteiger partial charge is 0.191 e. The fraction of sp³-hybridized carbons (Fsp3) is 0.944. The van der Waals surface area contributed by atoms with Gasteiger partial charge in [0.15, 0.2) is 5.96 Å². The van der Waals surface area contributed by atoms with Crippen LogP contribution in [0.3, 0.4) is 0 Å². The van der Waals surface area contributed by atoms with E-state index in [2.05, 4.69) is 15.6 Å². The minimum absolute atomic E-state index is 0.534. The monoisotopic (exact) mass is 309 g/mol. The van der Waals surface area contributed by atoms with Crippen LogP contribution < -0.4 is 10.6 Å². The van der Waals surface area contributed by atoms with Gasteiger partial charge in [0.1, 0.15) is 0 Å². The lowest BCUT2D eigenvalue weighted by Gasteiger charge is -2.17. The van der Waals surface area contributed by atoms with Crippen molar-refractivity contribution in [1.82, 2.24) is 10.6 Å². The molecule has 0 amide bonds. The molecule has 0 unspecified atom stereocenters. The predicted octanol–water partition coefficient (Wildman–Crippen LogP) is 3.61. The van der Waals surface area contributed by atoms with Crippen molar-refractivity contribution in [2.75, 3.05) is 20.2 Å². The van der Waals surface area contributed by atoms with E-state index in [-0.39, 0.29) is 0 Å². The molecule has 0 radical (unpaired) electrons. The van der Waals surface area contributed by atoms with E-state index in [0.29, 0.717) is 12.1 Å². The molecule has 2 aliphatic rings. The maximum Gasteiger partial charge on any atom is 0.191 e. The van der Waals surface area contributed by atoms with Gasteiger partial charge in [-0.25, -0.2) is 0 Å². The molecule has 2 saturated carbocycles. The number of rotatable bonds is 7. The van der Waals surface area contributed by atoms with Gasteiger partial charge in [-0.1, -0.05) is 38.5 Å². The van der Waals surface area contributed by atoms with Crippen molar-refractivity contribution in [2.24, 2.45) is 4.99 Å². The van der Waals surface area contributed by atoms with Crippen LogP contribution in [0, 0.1) is 0 Å². The Kier molecular flexibility index (Phi) is 8.69. The molecular weight excluding hydrogens is 274 g/mol. The maximum atomic E-state index is 6.03. The van der Waals surface area contributed by atoms with Crippen LogP contribution in [0.1, 0.15) is 77.0 Å². The predicted molar refractivity (Wildman–Crippen MR) is 93.4 cm³/mol. The van der Waals surface area contributed by atoms with Gasteiger partial charge < -0.3 is 15.4 Å². The van der Waals surface area contributed by atoms with Crippen LogP contribution in [-0.2, 0) is 4.74 Å². The van der Waals surface area contributed by atoms with Gasteiger partial charge in [0, 0.05) is 26.2 Å². The first-order valence-electron chi connectivity index (χ1n) is 9.47. The van der Waals surface area contributed by atoms with Crippen molar-refractivity contribution in [3.05, 3.63) is 0 Å². The Bertz CT molecular complexity index is 305. The minimum atomic E-state index is 0.534. The highest BCUT2D eigenvalue weighted by Gasteiger charge is 2.15. The lowest BCUT2D eigenvalue weighted by Crippen LogP contribution is -2.42. The zero-order valence-corrected chi connectivity index (χ0v) is 14.4. The van der Waals surface area contributed by atoms with Crippen LogP contribution in [0.15, 0.2) is 4.99 Å². The Morgan fingerprint density at radius 3 is 2.32 bits per heavy atom. The van der Waals surface area contributed by atoms with Crippen LogP contribution in [0.2, 0.25) is 0 Å². The van der Waals surface area contributed by atoms with Gasteiger partial charge in [0.25, 0.3) is 0 Å². The summed E-state index contributed by atoms with van der Waals surface area (Å²) in [5.74, 6) is 0.969. The first kappa shape index (κ1) is 17.6. The first-order chi connectivity index (χ1) is 10.9. The lowest BCUT2D eigenvalue weighted by molar-refractivity contribution is 0.0411. The largest absolute Gasteiger partial charge is 0.378 e. The highest BCUT2D eigenvalue weighted by molar-refractivity contribution is 5.79. The number of hydrogen-bond acceptors (Lipinski definition) is 2. The summed E-state index contributed by atoms with van der Waals surface area (Å²) in [6, 6.07) is 0.629. The first-order valence-corrected chi connectivity index (χ1v) is 9.47. The third-order valence-electron chi connectivity index (χ3n) is 4.94. The van der Waals surface area contributed by atoms with Crippen LogP contribution in [-0.4, -0.2) is 38.3 Å². The fourth-order valence-corrected chi connectivity index (χ4v) is 3.55. The summed E-state index contributed by atoms with van der Waals surface area (Å²) in [5, 5.41) is 6.95. The van der Waals surface area contributed by atoms with Crippen LogP contribution in [0.4, 0.5) is 0 Å². The van der Waals surface area contributed by atoms with Gasteiger partial charge >= 0.3 is 0 Å². The van der Waals surface area contributed by atoms with Crippen LogP contribution >= 0.6 is 0 Å². The van der Waals surface area contributed by atoms with Gasteiger partial charge in [0.2, 0.25) is 0 Å². The van der Waals surface area contributed by atoms with Gasteiger partial charge in [-0.15, -0.1) is 0 Å². The average molecular weight is 309 g/mol. The molecule has 0 aliphatic heterocycles. The zero-order chi connectivity index (χ0) is 15.5. The molecule has 2 rings (SSSR count). The Hall–Kier alpha value is -0.770. The Morgan fingerprint density at radius 2 is 1.64 bits per heavy atom. The number of unbranched alkanes of at least 4 members (excludes halogenated alkanes) is 1. The third kappa shape index (κ3) is 6.99. The van der Waals surface area contributed by atoms with Gasteiger partial charge in [0.05, 0.1) is 6.10 Å². The molecule has 2 N–H and O–H groups in total. The molecule has 4 nitrogen and oxygen atoms in total. The Morgan fingerprint density at radius 1 is 0.955 bits per heavy atom. The van der Waals surface area contributed by atoms with Crippen molar-refractivity contribution in [3.8, 4) is 0 Å². The zero-order valence-electron chi connectivity index (χ0n) is 14.4. The van der Waals surface area contributed by atoms with Crippen molar-refractivity contribution >= 4 is 5.96 Å². The van der Waals surface area contributed by atoms with Gasteiger partial charge in [-0.05, 0) is 38.5 Å². The third-order valence-corrected chi connectivity index (χ3v) is 4.94. The molecular formula is C18H35N3O. The van der Waals surface area contributed by atoms with Crippen LogP contribution in [0.25, 0.3) is 0 Å². The second-order valence-electron chi connectivity index (χ2n) is 6.82. The number of aliphatic imine (C=N–C) groups is 1. The Labute approximate surface area is 136 Å². The molecule has 4 heteroatoms. The summed E-state index contributed by atoms with van der Waals surface area (Å²) in [5.41, 5.74) is 0. The molecule has 128 valence electrons. The highest BCUT2D eigenvalue weighted by atomic mass is 16.5. The molecule has 0 aromatic rings. The van der Waals surface area contributed by atoms with E-state index in [0.717, 1.165) is 32.0 Å². The average Bonchev–Trinajstić information content (AvgIpc) is 2.91. The number of nitrogens with one attached hydrogen (secondary N) is 2. The molecule has 0 bridgehead atoms. The normalized spacial score (nSPS) is 21.8. The quantitative estimate of drug-likeness (QED) is 0.327. The lowest BCUT2D eigenvalue weighted by atomic mass is 10.1. The van der Waals surface area contributed by atoms with Crippen molar-refractivity contribution in [1.29, 1.82) is 0 Å². The minimum Gasteiger partial charge on any atom is -0.378 e. The molecule has 0 heterocycles. The molecule has 22 heavy (non-hydrogen) atoms. The van der Waals surface area contributed by atoms with Crippen molar-refractivity contribution < 1.29 is 4.74 Å². The molecule has 2 aliphatic carbocycles. The van der Waals surface area contributed by atoms with E-state index < -0.39 is 0 Å². The number of hydrogen-bond donors (Lipinski definition) is 2. The van der Waals surface area contributed by atoms with E-state index in [9.17, 15) is 0 Å². The molecule has 0 saturated heterocycles. The van der Waals surface area contributed by atoms with E-state index >= 15 is 0 Å². The fourth-order valence-electron chi connectivity index (χ4n) is 3.55. The van der Waals surface area contributed by atoms with E-state index in [4.69, 9.17) is 4.74 Å². The Balaban J connectivity index is 1.47. The number of nitrogens with zero attached hydrogens (tertiary/aromatic N) is 1. The molecule has 0 aromatic carbocycles. The standard InChI is InChI=1S/C18H35N3O/c1-19-18(21-16-10-6-7-11-16)20-14-8-9-15-22-17-12-4-2-3-5-13-17/h16-17H,2-15H2,1H3,(H2,19,20,21). The summed E-state index contributed by atoms with van der Waals surface area (Å²) in [6.45, 7) is 1.90. The highest BCUT2D eigenvalue weighted by Crippen LogP contribution is 2.20. The number of ether oxygens (including phenoxy) is 1. The molecule has 2 fully saturated rings. The summed E-state index contributed by atoms with van der Waals surface area (Å²) in [6.07, 6.45) is 16.2.